The van der Waals surface area contributed by atoms with Crippen molar-refractivity contribution < 1.29 is 4.79 Å². The van der Waals surface area contributed by atoms with E-state index >= 15 is 0 Å². The van der Waals surface area contributed by atoms with E-state index in [2.05, 4.69) is 24.1 Å². The number of nitrogens with zero attached hydrogens (tertiary/aromatic N) is 2. The molecule has 0 unspecified atom stereocenters. The van der Waals surface area contributed by atoms with E-state index in [4.69, 9.17) is 0 Å². The Kier molecular flexibility index (Phi) is 3.73. The quantitative estimate of drug-likeness (QED) is 0.781. The highest BCUT2D eigenvalue weighted by molar-refractivity contribution is 5.78. The summed E-state index contributed by atoms with van der Waals surface area (Å²) in [5, 5.41) is 2.94. The van der Waals surface area contributed by atoms with Crippen molar-refractivity contribution in [3.05, 3.63) is 0 Å². The van der Waals surface area contributed by atoms with Gasteiger partial charge < -0.3 is 10.2 Å². The van der Waals surface area contributed by atoms with Gasteiger partial charge in [-0.15, -0.1) is 0 Å². The van der Waals surface area contributed by atoms with Crippen molar-refractivity contribution in [3.63, 3.8) is 0 Å². The minimum Gasteiger partial charge on any atom is -0.342 e. The van der Waals surface area contributed by atoms with E-state index in [1.807, 2.05) is 11.9 Å². The zero-order valence-corrected chi connectivity index (χ0v) is 11.3. The number of carbonyl (C=O) groups is 1. The molecular weight excluding hydrogens is 214 g/mol. The molecule has 0 radical (unpaired) electrons. The first-order valence-electron chi connectivity index (χ1n) is 6.73. The minimum atomic E-state index is 0.252. The van der Waals surface area contributed by atoms with Crippen LogP contribution < -0.4 is 5.32 Å². The van der Waals surface area contributed by atoms with Gasteiger partial charge in [-0.2, -0.15) is 0 Å². The average molecular weight is 239 g/mol. The largest absolute Gasteiger partial charge is 0.342 e. The molecule has 2 saturated heterocycles. The maximum Gasteiger partial charge on any atom is 0.236 e. The molecule has 1 amide bonds. The van der Waals surface area contributed by atoms with Crippen LogP contribution in [0, 0.1) is 5.41 Å². The maximum atomic E-state index is 11.7. The number of likely N-dealkylation sites (tertiary alicyclic amines) is 2. The molecule has 0 aromatic heterocycles. The molecule has 0 bridgehead atoms. The average Bonchev–Trinajstić information content (AvgIpc) is 2.26. The highest BCUT2D eigenvalue weighted by Crippen LogP contribution is 2.41. The second kappa shape index (κ2) is 4.94. The fourth-order valence-corrected chi connectivity index (χ4v) is 2.99. The maximum absolute atomic E-state index is 11.7. The molecule has 0 saturated carbocycles. The lowest BCUT2D eigenvalue weighted by Gasteiger charge is -2.55. The lowest BCUT2D eigenvalue weighted by molar-refractivity contribution is -0.135. The lowest BCUT2D eigenvalue weighted by Crippen LogP contribution is -2.62. The van der Waals surface area contributed by atoms with Crippen molar-refractivity contribution in [1.82, 2.24) is 15.1 Å². The van der Waals surface area contributed by atoms with Crippen LogP contribution in [0.1, 0.15) is 26.7 Å². The van der Waals surface area contributed by atoms with Crippen LogP contribution in [0.3, 0.4) is 0 Å². The molecule has 1 N–H and O–H groups in total. The molecule has 2 aliphatic heterocycles. The van der Waals surface area contributed by atoms with E-state index in [1.54, 1.807) is 0 Å². The van der Waals surface area contributed by atoms with Crippen LogP contribution in [-0.2, 0) is 4.79 Å². The van der Waals surface area contributed by atoms with Gasteiger partial charge in [-0.05, 0) is 39.2 Å². The normalized spacial score (nSPS) is 24.1. The molecule has 98 valence electrons. The van der Waals surface area contributed by atoms with Crippen LogP contribution in [-0.4, -0.2) is 61.5 Å². The van der Waals surface area contributed by atoms with Gasteiger partial charge in [-0.25, -0.2) is 0 Å². The number of amides is 1. The van der Waals surface area contributed by atoms with Gasteiger partial charge in [0.2, 0.25) is 5.91 Å². The third-order valence-electron chi connectivity index (χ3n) is 4.31. The first kappa shape index (κ1) is 12.8. The van der Waals surface area contributed by atoms with Crippen LogP contribution in [0.5, 0.6) is 0 Å². The summed E-state index contributed by atoms with van der Waals surface area (Å²) in [6, 6.07) is 0.671. The SMILES string of the molecule is CNCC(=O)N1CCC2(CC1)CN(C(C)C)C2. The van der Waals surface area contributed by atoms with Crippen molar-refractivity contribution >= 4 is 5.91 Å². The van der Waals surface area contributed by atoms with Crippen LogP contribution in [0.4, 0.5) is 0 Å². The van der Waals surface area contributed by atoms with Gasteiger partial charge in [0.1, 0.15) is 0 Å². The Bertz CT molecular complexity index is 274. The van der Waals surface area contributed by atoms with E-state index in [0.717, 1.165) is 13.1 Å². The third-order valence-corrected chi connectivity index (χ3v) is 4.31. The van der Waals surface area contributed by atoms with Crippen LogP contribution in [0.25, 0.3) is 0 Å². The molecule has 17 heavy (non-hydrogen) atoms. The monoisotopic (exact) mass is 239 g/mol. The van der Waals surface area contributed by atoms with Gasteiger partial charge in [-0.1, -0.05) is 0 Å². The van der Waals surface area contributed by atoms with Crippen molar-refractivity contribution in [2.45, 2.75) is 32.7 Å². The summed E-state index contributed by atoms with van der Waals surface area (Å²) in [4.78, 5) is 16.3. The van der Waals surface area contributed by atoms with Crippen molar-refractivity contribution in [1.29, 1.82) is 0 Å². The fraction of sp³-hybridized carbons (Fsp3) is 0.923. The summed E-state index contributed by atoms with van der Waals surface area (Å²) in [7, 11) is 1.83. The van der Waals surface area contributed by atoms with Gasteiger partial charge in [-0.3, -0.25) is 9.69 Å². The first-order valence-corrected chi connectivity index (χ1v) is 6.73. The zero-order valence-electron chi connectivity index (χ0n) is 11.3. The number of hydrogen-bond donors (Lipinski definition) is 1. The molecule has 0 atom stereocenters. The van der Waals surface area contributed by atoms with E-state index < -0.39 is 0 Å². The lowest BCUT2D eigenvalue weighted by atomic mass is 9.71. The predicted molar refractivity (Wildman–Crippen MR) is 68.9 cm³/mol. The summed E-state index contributed by atoms with van der Waals surface area (Å²) in [6.07, 6.45) is 2.37. The Hall–Kier alpha value is -0.610. The minimum absolute atomic E-state index is 0.252. The topological polar surface area (TPSA) is 35.6 Å². The molecule has 2 aliphatic rings. The van der Waals surface area contributed by atoms with E-state index in [1.165, 1.54) is 25.9 Å². The molecule has 4 nitrogen and oxygen atoms in total. The molecule has 2 heterocycles. The molecule has 1 spiro atoms. The highest BCUT2D eigenvalue weighted by atomic mass is 16.2. The van der Waals surface area contributed by atoms with Gasteiger partial charge >= 0.3 is 0 Å². The summed E-state index contributed by atoms with van der Waals surface area (Å²) in [5.74, 6) is 0.252. The number of rotatable bonds is 3. The molecule has 2 fully saturated rings. The van der Waals surface area contributed by atoms with Crippen molar-refractivity contribution in [3.8, 4) is 0 Å². The number of piperidine rings is 1. The molecule has 0 aromatic rings. The Balaban J connectivity index is 1.78. The molecule has 0 aliphatic carbocycles. The Morgan fingerprint density at radius 2 is 1.88 bits per heavy atom. The Morgan fingerprint density at radius 1 is 1.29 bits per heavy atom. The van der Waals surface area contributed by atoms with Gasteiger partial charge in [0, 0.05) is 32.2 Å². The molecule has 0 aromatic carbocycles. The highest BCUT2D eigenvalue weighted by Gasteiger charge is 2.45. The van der Waals surface area contributed by atoms with Crippen LogP contribution in [0.2, 0.25) is 0 Å². The first-order chi connectivity index (χ1) is 8.06. The van der Waals surface area contributed by atoms with Gasteiger partial charge in [0.25, 0.3) is 0 Å². The molecule has 2 rings (SSSR count). The second-order valence-electron chi connectivity index (χ2n) is 5.91. The third kappa shape index (κ3) is 2.63. The van der Waals surface area contributed by atoms with Crippen LogP contribution in [0.15, 0.2) is 0 Å². The van der Waals surface area contributed by atoms with E-state index in [0.29, 0.717) is 18.0 Å². The summed E-state index contributed by atoms with van der Waals surface area (Å²) in [5.41, 5.74) is 0.528. The fourth-order valence-electron chi connectivity index (χ4n) is 2.99. The Labute approximate surface area is 104 Å². The van der Waals surface area contributed by atoms with Crippen molar-refractivity contribution in [2.24, 2.45) is 5.41 Å². The van der Waals surface area contributed by atoms with E-state index in [-0.39, 0.29) is 5.91 Å². The predicted octanol–water partition coefficient (Wildman–Crippen LogP) is 0.539. The number of likely N-dealkylation sites (N-methyl/N-ethyl adjacent to an activating group) is 1. The Morgan fingerprint density at radius 3 is 2.35 bits per heavy atom. The standard InChI is InChI=1S/C13H25N3O/c1-11(2)16-9-13(10-16)4-6-15(7-5-13)12(17)8-14-3/h11,14H,4-10H2,1-3H3. The van der Waals surface area contributed by atoms with E-state index in [9.17, 15) is 4.79 Å². The van der Waals surface area contributed by atoms with Crippen molar-refractivity contribution in [2.75, 3.05) is 39.8 Å². The van der Waals surface area contributed by atoms with Gasteiger partial charge in [0.05, 0.1) is 6.54 Å². The van der Waals surface area contributed by atoms with Gasteiger partial charge in [0.15, 0.2) is 0 Å². The smallest absolute Gasteiger partial charge is 0.236 e. The molecular formula is C13H25N3O. The second-order valence-corrected chi connectivity index (χ2v) is 5.91. The van der Waals surface area contributed by atoms with Crippen LogP contribution >= 0.6 is 0 Å². The zero-order chi connectivity index (χ0) is 12.5. The summed E-state index contributed by atoms with van der Waals surface area (Å²) < 4.78 is 0. The molecule has 4 heteroatoms. The number of carbonyl (C=O) groups excluding carboxylic acids is 1. The summed E-state index contributed by atoms with van der Waals surface area (Å²) >= 11 is 0. The summed E-state index contributed by atoms with van der Waals surface area (Å²) in [6.45, 7) is 9.37. The number of nitrogens with one attached hydrogen (secondary N) is 1. The number of hydrogen-bond acceptors (Lipinski definition) is 3.